The first kappa shape index (κ1) is 19.5. The highest BCUT2D eigenvalue weighted by atomic mass is 35.5. The summed E-state index contributed by atoms with van der Waals surface area (Å²) in [4.78, 5) is 22.6. The summed E-state index contributed by atoms with van der Waals surface area (Å²) >= 11 is 13.7. The Kier molecular flexibility index (Phi) is 7.79. The van der Waals surface area contributed by atoms with Crippen molar-refractivity contribution in [3.63, 3.8) is 0 Å². The molecule has 0 radical (unpaired) electrons. The van der Waals surface area contributed by atoms with E-state index in [2.05, 4.69) is 6.08 Å². The molecule has 0 amide bonds. The molecule has 0 aliphatic heterocycles. The number of carboxylic acid groups (broad SMARTS) is 1. The van der Waals surface area contributed by atoms with Gasteiger partial charge in [0.25, 0.3) is 0 Å². The van der Waals surface area contributed by atoms with Gasteiger partial charge in [-0.3, -0.25) is 9.59 Å². The summed E-state index contributed by atoms with van der Waals surface area (Å²) in [5.41, 5.74) is 0.843. The van der Waals surface area contributed by atoms with Gasteiger partial charge < -0.3 is 5.11 Å². The zero-order valence-corrected chi connectivity index (χ0v) is 15.8. The van der Waals surface area contributed by atoms with Crippen LogP contribution in [0, 0.1) is 11.8 Å². The van der Waals surface area contributed by atoms with Crippen LogP contribution >= 0.6 is 34.5 Å². The second-order valence-corrected chi connectivity index (χ2v) is 8.14. The molecule has 2 atom stereocenters. The third-order valence-electron chi connectivity index (χ3n) is 4.56. The van der Waals surface area contributed by atoms with E-state index in [0.717, 1.165) is 37.7 Å². The highest BCUT2D eigenvalue weighted by Gasteiger charge is 2.32. The molecular weight excluding hydrogens is 367 g/mol. The Bertz CT molecular complexity index is 590. The third-order valence-corrected chi connectivity index (χ3v) is 6.25. The summed E-state index contributed by atoms with van der Waals surface area (Å²) in [5.74, 6) is -0.0601. The maximum Gasteiger partial charge on any atom is 0.303 e. The van der Waals surface area contributed by atoms with Gasteiger partial charge in [0, 0.05) is 29.7 Å². The summed E-state index contributed by atoms with van der Waals surface area (Å²) in [7, 11) is 0. The molecule has 0 unspecified atom stereocenters. The lowest BCUT2D eigenvalue weighted by molar-refractivity contribution is -0.137. The van der Waals surface area contributed by atoms with E-state index in [9.17, 15) is 9.59 Å². The first-order chi connectivity index (χ1) is 11.5. The molecular formula is C18H22Cl2O3S. The maximum atomic E-state index is 12.1. The van der Waals surface area contributed by atoms with Crippen molar-refractivity contribution in [2.24, 2.45) is 11.8 Å². The fourth-order valence-corrected chi connectivity index (χ4v) is 4.56. The molecule has 0 bridgehead atoms. The van der Waals surface area contributed by atoms with E-state index in [-0.39, 0.29) is 18.3 Å². The summed E-state index contributed by atoms with van der Waals surface area (Å²) in [6.07, 6.45) is 10.3. The number of thiophene rings is 1. The topological polar surface area (TPSA) is 54.4 Å². The monoisotopic (exact) mass is 388 g/mol. The Morgan fingerprint density at radius 1 is 1.29 bits per heavy atom. The van der Waals surface area contributed by atoms with Gasteiger partial charge >= 0.3 is 5.97 Å². The average molecular weight is 389 g/mol. The van der Waals surface area contributed by atoms with E-state index in [1.165, 1.54) is 11.3 Å². The van der Waals surface area contributed by atoms with Crippen molar-refractivity contribution >= 4 is 52.4 Å². The Morgan fingerprint density at radius 2 is 2.04 bits per heavy atom. The minimum atomic E-state index is -0.739. The molecule has 1 saturated carbocycles. The van der Waals surface area contributed by atoms with Gasteiger partial charge in [0.05, 0.1) is 5.02 Å². The largest absolute Gasteiger partial charge is 0.481 e. The number of Topliss-reactive ketones (excluding diaryl/α,β-unsaturated/α-hetero) is 1. The number of carbonyl (C=O) groups excluding carboxylic acids is 1. The van der Waals surface area contributed by atoms with Crippen molar-refractivity contribution in [3.8, 4) is 0 Å². The minimum absolute atomic E-state index is 0.0805. The first-order valence-corrected chi connectivity index (χ1v) is 9.97. The van der Waals surface area contributed by atoms with E-state index in [1.54, 1.807) is 0 Å². The van der Waals surface area contributed by atoms with Crippen LogP contribution in [0.5, 0.6) is 0 Å². The molecule has 132 valence electrons. The number of hydrogen-bond acceptors (Lipinski definition) is 3. The number of ketones is 1. The zero-order valence-electron chi connectivity index (χ0n) is 13.5. The van der Waals surface area contributed by atoms with Crippen molar-refractivity contribution in [1.82, 2.24) is 0 Å². The highest BCUT2D eigenvalue weighted by Crippen LogP contribution is 2.37. The fraction of sp³-hybridized carbons (Fsp3) is 0.556. The molecule has 0 spiro atoms. The Hall–Kier alpha value is -0.840. The summed E-state index contributed by atoms with van der Waals surface area (Å²) in [5, 5.41) is 11.1. The van der Waals surface area contributed by atoms with Gasteiger partial charge in [-0.05, 0) is 25.2 Å². The molecule has 1 aliphatic carbocycles. The van der Waals surface area contributed by atoms with E-state index >= 15 is 0 Å². The zero-order chi connectivity index (χ0) is 17.5. The summed E-state index contributed by atoms with van der Waals surface area (Å²) < 4.78 is 0.676. The lowest BCUT2D eigenvalue weighted by atomic mass is 9.89. The fourth-order valence-electron chi connectivity index (χ4n) is 3.22. The lowest BCUT2D eigenvalue weighted by Crippen LogP contribution is -2.13. The van der Waals surface area contributed by atoms with Crippen LogP contribution in [0.15, 0.2) is 11.5 Å². The standard InChI is InChI=1S/C18H22Cl2O3S/c19-15-11-24-18(20)14(15)9-7-12-8-10-16(21)13(12)5-3-1-2-4-6-17(22)23/h7,9,11-13H,1-6,8,10H2,(H,22,23)/t12-,13+/m1/s1. The number of carbonyl (C=O) groups is 2. The van der Waals surface area contributed by atoms with Crippen molar-refractivity contribution in [1.29, 1.82) is 0 Å². The van der Waals surface area contributed by atoms with E-state index in [1.807, 2.05) is 11.5 Å². The van der Waals surface area contributed by atoms with E-state index in [4.69, 9.17) is 28.3 Å². The molecule has 6 heteroatoms. The molecule has 1 N–H and O–H groups in total. The molecule has 1 aromatic rings. The summed E-state index contributed by atoms with van der Waals surface area (Å²) in [6, 6.07) is 0. The SMILES string of the molecule is O=C(O)CCCCCC[C@@H]1C(=O)CC[C@H]1C=Cc1c(Cl)csc1Cl. The van der Waals surface area contributed by atoms with Gasteiger partial charge in [0.1, 0.15) is 10.1 Å². The van der Waals surface area contributed by atoms with Crippen molar-refractivity contribution in [2.45, 2.75) is 51.4 Å². The second kappa shape index (κ2) is 9.59. The predicted octanol–water partition coefficient (Wildman–Crippen LogP) is 6.09. The van der Waals surface area contributed by atoms with Crippen LogP contribution in [0.2, 0.25) is 9.36 Å². The molecule has 2 rings (SSSR count). The van der Waals surface area contributed by atoms with Crippen LogP contribution in [0.25, 0.3) is 6.08 Å². The third kappa shape index (κ3) is 5.61. The number of aliphatic carboxylic acids is 1. The van der Waals surface area contributed by atoms with Gasteiger partial charge in [0.15, 0.2) is 0 Å². The molecule has 1 aliphatic rings. The molecule has 1 aromatic heterocycles. The van der Waals surface area contributed by atoms with Gasteiger partial charge in [-0.25, -0.2) is 0 Å². The van der Waals surface area contributed by atoms with Gasteiger partial charge in [-0.2, -0.15) is 0 Å². The number of hydrogen-bond donors (Lipinski definition) is 1. The second-order valence-electron chi connectivity index (χ2n) is 6.25. The number of rotatable bonds is 9. The van der Waals surface area contributed by atoms with Crippen LogP contribution in [-0.2, 0) is 9.59 Å². The van der Waals surface area contributed by atoms with Gasteiger partial charge in [0.2, 0.25) is 0 Å². The minimum Gasteiger partial charge on any atom is -0.481 e. The van der Waals surface area contributed by atoms with Gasteiger partial charge in [-0.15, -0.1) is 11.3 Å². The van der Waals surface area contributed by atoms with E-state index < -0.39 is 5.97 Å². The van der Waals surface area contributed by atoms with Crippen molar-refractivity contribution in [2.75, 3.05) is 0 Å². The quantitative estimate of drug-likeness (QED) is 0.520. The Labute approximate surface area is 156 Å². The molecule has 3 nitrogen and oxygen atoms in total. The van der Waals surface area contributed by atoms with Crippen LogP contribution < -0.4 is 0 Å². The summed E-state index contributed by atoms with van der Waals surface area (Å²) in [6.45, 7) is 0. The van der Waals surface area contributed by atoms with Crippen LogP contribution in [0.4, 0.5) is 0 Å². The molecule has 0 aromatic carbocycles. The maximum absolute atomic E-state index is 12.1. The highest BCUT2D eigenvalue weighted by molar-refractivity contribution is 7.15. The van der Waals surface area contributed by atoms with Gasteiger partial charge in [-0.1, -0.05) is 54.6 Å². The molecule has 24 heavy (non-hydrogen) atoms. The first-order valence-electron chi connectivity index (χ1n) is 8.34. The molecule has 1 fully saturated rings. The smallest absolute Gasteiger partial charge is 0.303 e. The van der Waals surface area contributed by atoms with Crippen LogP contribution in [-0.4, -0.2) is 16.9 Å². The number of allylic oxidation sites excluding steroid dienone is 1. The normalized spacial score (nSPS) is 21.0. The number of halogens is 2. The molecule has 1 heterocycles. The predicted molar refractivity (Wildman–Crippen MR) is 99.9 cm³/mol. The van der Waals surface area contributed by atoms with Crippen LogP contribution in [0.1, 0.15) is 56.9 Å². The number of carboxylic acids is 1. The Morgan fingerprint density at radius 3 is 2.71 bits per heavy atom. The average Bonchev–Trinajstić information content (AvgIpc) is 3.04. The lowest BCUT2D eigenvalue weighted by Gasteiger charge is -2.14. The molecule has 0 saturated heterocycles. The number of unbranched alkanes of at least 4 members (excludes halogenated alkanes) is 3. The van der Waals surface area contributed by atoms with Crippen molar-refractivity contribution < 1.29 is 14.7 Å². The Balaban J connectivity index is 1.82. The van der Waals surface area contributed by atoms with Crippen LogP contribution in [0.3, 0.4) is 0 Å². The van der Waals surface area contributed by atoms with E-state index in [0.29, 0.717) is 28.0 Å². The van der Waals surface area contributed by atoms with Crippen molar-refractivity contribution in [3.05, 3.63) is 26.4 Å².